The number of rotatable bonds is 5. The molecule has 0 aliphatic carbocycles. The van der Waals surface area contributed by atoms with E-state index in [9.17, 15) is 9.18 Å². The molecular formula is C25H19FN6O. The number of urea groups is 1. The zero-order valence-electron chi connectivity index (χ0n) is 17.4. The first-order chi connectivity index (χ1) is 16.3. The van der Waals surface area contributed by atoms with E-state index in [1.807, 2.05) is 60.7 Å². The largest absolute Gasteiger partial charge is 0.328 e. The number of anilines is 2. The van der Waals surface area contributed by atoms with Gasteiger partial charge in [-0.1, -0.05) is 66.7 Å². The predicted molar refractivity (Wildman–Crippen MR) is 126 cm³/mol. The van der Waals surface area contributed by atoms with Crippen LogP contribution in [0.15, 0.2) is 91.0 Å². The van der Waals surface area contributed by atoms with Crippen LogP contribution in [0, 0.1) is 0 Å². The van der Waals surface area contributed by atoms with Gasteiger partial charge in [-0.25, -0.2) is 14.3 Å². The van der Waals surface area contributed by atoms with Crippen LogP contribution in [0.1, 0.15) is 0 Å². The molecule has 2 amide bonds. The quantitative estimate of drug-likeness (QED) is 0.357. The van der Waals surface area contributed by atoms with E-state index in [4.69, 9.17) is 0 Å². The lowest BCUT2D eigenvalue weighted by Gasteiger charge is -2.25. The third-order valence-corrected chi connectivity index (χ3v) is 5.37. The third kappa shape index (κ3) is 3.89. The number of amides is 2. The molecule has 0 unspecified atom stereocenters. The number of halogens is 1. The Morgan fingerprint density at radius 3 is 2.48 bits per heavy atom. The molecule has 0 atom stereocenters. The van der Waals surface area contributed by atoms with E-state index in [1.165, 1.54) is 4.90 Å². The summed E-state index contributed by atoms with van der Waals surface area (Å²) >= 11 is 0. The number of tetrazole rings is 1. The number of hydrogen-bond acceptors (Lipinski definition) is 4. The van der Waals surface area contributed by atoms with Crippen LogP contribution < -0.4 is 10.2 Å². The highest BCUT2D eigenvalue weighted by Gasteiger charge is 2.23. The topological polar surface area (TPSA) is 86.8 Å². The number of carbonyl (C=O) groups excluding carboxylic acids is 1. The van der Waals surface area contributed by atoms with Crippen molar-refractivity contribution in [2.75, 3.05) is 11.7 Å². The summed E-state index contributed by atoms with van der Waals surface area (Å²) in [6, 6.07) is 28.3. The summed E-state index contributed by atoms with van der Waals surface area (Å²) in [4.78, 5) is 14.3. The van der Waals surface area contributed by atoms with E-state index in [-0.39, 0.29) is 0 Å². The van der Waals surface area contributed by atoms with Crippen LogP contribution in [0.2, 0.25) is 0 Å². The van der Waals surface area contributed by atoms with Gasteiger partial charge in [0.05, 0.1) is 11.4 Å². The van der Waals surface area contributed by atoms with Crippen molar-refractivity contribution in [2.45, 2.75) is 0 Å². The SMILES string of the molecule is O=C(NCF)N(c1ccccc1)c1ccc(-c2cccc3ccccc23)cc1-c1nnn[nH]1. The fourth-order valence-electron chi connectivity index (χ4n) is 3.92. The first-order valence-corrected chi connectivity index (χ1v) is 10.3. The smallest absolute Gasteiger partial charge is 0.310 e. The lowest BCUT2D eigenvalue weighted by Crippen LogP contribution is -2.36. The first kappa shape index (κ1) is 20.3. The summed E-state index contributed by atoms with van der Waals surface area (Å²) < 4.78 is 13.0. The van der Waals surface area contributed by atoms with Crippen LogP contribution in [-0.2, 0) is 0 Å². The van der Waals surface area contributed by atoms with Gasteiger partial charge in [-0.05, 0) is 56.6 Å². The molecule has 0 bridgehead atoms. The number of aromatic nitrogens is 4. The van der Waals surface area contributed by atoms with Crippen molar-refractivity contribution in [3.8, 4) is 22.5 Å². The van der Waals surface area contributed by atoms with Gasteiger partial charge in [0.15, 0.2) is 12.6 Å². The van der Waals surface area contributed by atoms with Crippen molar-refractivity contribution in [1.29, 1.82) is 0 Å². The van der Waals surface area contributed by atoms with Crippen molar-refractivity contribution < 1.29 is 9.18 Å². The number of hydrogen-bond donors (Lipinski definition) is 2. The van der Waals surface area contributed by atoms with Gasteiger partial charge in [0.25, 0.3) is 0 Å². The number of aromatic amines is 1. The van der Waals surface area contributed by atoms with E-state index >= 15 is 0 Å². The van der Waals surface area contributed by atoms with Crippen molar-refractivity contribution >= 4 is 28.2 Å². The highest BCUT2D eigenvalue weighted by Crippen LogP contribution is 2.38. The molecule has 0 fully saturated rings. The molecule has 4 aromatic carbocycles. The molecule has 0 aliphatic rings. The number of nitrogens with one attached hydrogen (secondary N) is 2. The maximum atomic E-state index is 13.0. The van der Waals surface area contributed by atoms with Crippen molar-refractivity contribution in [3.63, 3.8) is 0 Å². The van der Waals surface area contributed by atoms with Gasteiger partial charge >= 0.3 is 6.03 Å². The summed E-state index contributed by atoms with van der Waals surface area (Å²) in [5, 5.41) is 18.7. The molecule has 0 aliphatic heterocycles. The molecule has 5 rings (SSSR count). The van der Waals surface area contributed by atoms with Gasteiger partial charge in [0.1, 0.15) is 0 Å². The molecule has 8 heteroatoms. The van der Waals surface area contributed by atoms with Crippen LogP contribution in [0.5, 0.6) is 0 Å². The zero-order valence-corrected chi connectivity index (χ0v) is 17.4. The summed E-state index contributed by atoms with van der Waals surface area (Å²) in [5.74, 6) is 0.390. The molecular weight excluding hydrogens is 419 g/mol. The number of alkyl halides is 1. The second-order valence-electron chi connectivity index (χ2n) is 7.30. The number of H-pyrrole nitrogens is 1. The minimum atomic E-state index is -0.991. The van der Waals surface area contributed by atoms with E-state index < -0.39 is 12.8 Å². The van der Waals surface area contributed by atoms with E-state index in [1.54, 1.807) is 12.1 Å². The van der Waals surface area contributed by atoms with Gasteiger partial charge in [-0.15, -0.1) is 5.10 Å². The molecule has 1 heterocycles. The number of carbonyl (C=O) groups is 1. The van der Waals surface area contributed by atoms with Crippen LogP contribution in [0.25, 0.3) is 33.3 Å². The summed E-state index contributed by atoms with van der Waals surface area (Å²) in [6.07, 6.45) is 0. The fourth-order valence-corrected chi connectivity index (χ4v) is 3.92. The Hall–Kier alpha value is -4.59. The Kier molecular flexibility index (Phi) is 5.47. The van der Waals surface area contributed by atoms with Crippen LogP contribution in [0.3, 0.4) is 0 Å². The predicted octanol–water partition coefficient (Wildman–Crippen LogP) is 5.46. The molecule has 0 radical (unpaired) electrons. The molecule has 33 heavy (non-hydrogen) atoms. The summed E-state index contributed by atoms with van der Waals surface area (Å²) in [7, 11) is 0. The van der Waals surface area contributed by atoms with Crippen molar-refractivity contribution in [3.05, 3.63) is 91.0 Å². The normalized spacial score (nSPS) is 10.8. The van der Waals surface area contributed by atoms with E-state index in [0.717, 1.165) is 21.9 Å². The van der Waals surface area contributed by atoms with Crippen LogP contribution >= 0.6 is 0 Å². The van der Waals surface area contributed by atoms with Gasteiger partial charge in [-0.2, -0.15) is 0 Å². The molecule has 2 N–H and O–H groups in total. The van der Waals surface area contributed by atoms with E-state index in [0.29, 0.717) is 22.8 Å². The zero-order chi connectivity index (χ0) is 22.6. The maximum absolute atomic E-state index is 13.0. The molecule has 5 aromatic rings. The summed E-state index contributed by atoms with van der Waals surface area (Å²) in [6.45, 7) is -0.991. The lowest BCUT2D eigenvalue weighted by molar-refractivity contribution is 0.243. The monoisotopic (exact) mass is 438 g/mol. The average Bonchev–Trinajstić information content (AvgIpc) is 3.40. The molecule has 0 spiro atoms. The highest BCUT2D eigenvalue weighted by atomic mass is 19.1. The standard InChI is InChI=1S/C25H19FN6O/c26-16-27-25(33)32(19-9-2-1-3-10-19)23-14-13-18(15-22(23)24-28-30-31-29-24)21-12-6-8-17-7-4-5-11-20(17)21/h1-15H,16H2,(H,27,33)(H,28,29,30,31). The second kappa shape index (κ2) is 8.88. The Morgan fingerprint density at radius 1 is 0.909 bits per heavy atom. The average molecular weight is 438 g/mol. The number of para-hydroxylation sites is 1. The van der Waals surface area contributed by atoms with Gasteiger partial charge in [0.2, 0.25) is 0 Å². The first-order valence-electron chi connectivity index (χ1n) is 10.3. The lowest BCUT2D eigenvalue weighted by atomic mass is 9.96. The van der Waals surface area contributed by atoms with Crippen LogP contribution in [0.4, 0.5) is 20.6 Å². The minimum absolute atomic E-state index is 0.390. The molecule has 0 saturated heterocycles. The van der Waals surface area contributed by atoms with Crippen molar-refractivity contribution in [2.24, 2.45) is 0 Å². The molecule has 1 aromatic heterocycles. The number of nitrogens with zero attached hydrogens (tertiary/aromatic N) is 4. The van der Waals surface area contributed by atoms with Crippen LogP contribution in [-0.4, -0.2) is 33.5 Å². The Morgan fingerprint density at radius 2 is 1.70 bits per heavy atom. The van der Waals surface area contributed by atoms with Crippen molar-refractivity contribution in [1.82, 2.24) is 25.9 Å². The maximum Gasteiger partial charge on any atom is 0.328 e. The van der Waals surface area contributed by atoms with Gasteiger partial charge in [-0.3, -0.25) is 4.90 Å². The number of benzene rings is 4. The minimum Gasteiger partial charge on any atom is -0.310 e. The Balaban J connectivity index is 1.72. The van der Waals surface area contributed by atoms with E-state index in [2.05, 4.69) is 44.1 Å². The Labute approximate surface area is 188 Å². The Bertz CT molecular complexity index is 1400. The van der Waals surface area contributed by atoms with Gasteiger partial charge in [0, 0.05) is 5.56 Å². The second-order valence-corrected chi connectivity index (χ2v) is 7.30. The number of fused-ring (bicyclic) bond motifs is 1. The summed E-state index contributed by atoms with van der Waals surface area (Å²) in [5.41, 5.74) is 3.65. The highest BCUT2D eigenvalue weighted by molar-refractivity contribution is 6.04. The molecule has 0 saturated carbocycles. The fraction of sp³-hybridized carbons (Fsp3) is 0.0400. The molecule has 7 nitrogen and oxygen atoms in total. The third-order valence-electron chi connectivity index (χ3n) is 5.37. The van der Waals surface area contributed by atoms with Gasteiger partial charge < -0.3 is 5.32 Å². The molecule has 162 valence electrons.